The fourth-order valence-corrected chi connectivity index (χ4v) is 3.51. The Balaban J connectivity index is 1.76. The maximum atomic E-state index is 4.91. The predicted octanol–water partition coefficient (Wildman–Crippen LogP) is 1.84. The Morgan fingerprint density at radius 3 is 2.33 bits per heavy atom. The van der Waals surface area contributed by atoms with E-state index in [1.165, 1.54) is 0 Å². The molecule has 158 valence electrons. The Kier molecular flexibility index (Phi) is 6.06. The van der Waals surface area contributed by atoms with E-state index < -0.39 is 0 Å². The van der Waals surface area contributed by atoms with Gasteiger partial charge in [-0.05, 0) is 21.1 Å². The number of piperazine rings is 1. The van der Waals surface area contributed by atoms with E-state index in [0.29, 0.717) is 11.5 Å². The number of fused-ring (bicyclic) bond motifs is 1. The van der Waals surface area contributed by atoms with Crippen LogP contribution in [-0.4, -0.2) is 97.2 Å². The molecule has 3 aromatic rings. The lowest BCUT2D eigenvalue weighted by Gasteiger charge is -2.33. The minimum Gasteiger partial charge on any atom is -0.356 e. The average molecular weight is 407 g/mol. The van der Waals surface area contributed by atoms with E-state index in [2.05, 4.69) is 47.8 Å². The molecule has 0 spiro atoms. The van der Waals surface area contributed by atoms with Crippen molar-refractivity contribution in [3.63, 3.8) is 0 Å². The van der Waals surface area contributed by atoms with E-state index in [-0.39, 0.29) is 0 Å². The summed E-state index contributed by atoms with van der Waals surface area (Å²) in [5.74, 6) is 2.38. The van der Waals surface area contributed by atoms with Crippen molar-refractivity contribution in [3.8, 4) is 11.4 Å². The van der Waals surface area contributed by atoms with Gasteiger partial charge in [0.15, 0.2) is 22.8 Å². The highest BCUT2D eigenvalue weighted by atomic mass is 15.3. The largest absolute Gasteiger partial charge is 0.356 e. The van der Waals surface area contributed by atoms with Crippen LogP contribution >= 0.6 is 0 Å². The molecule has 0 atom stereocenters. The third kappa shape index (κ3) is 4.49. The van der Waals surface area contributed by atoms with Crippen LogP contribution in [0.25, 0.3) is 22.6 Å². The molecule has 3 heterocycles. The van der Waals surface area contributed by atoms with Gasteiger partial charge in [0.25, 0.3) is 0 Å². The average Bonchev–Trinajstić information content (AvgIpc) is 2.77. The summed E-state index contributed by atoms with van der Waals surface area (Å²) in [6.07, 6.45) is 1.86. The van der Waals surface area contributed by atoms with Crippen LogP contribution in [0.2, 0.25) is 0 Å². The molecule has 1 saturated heterocycles. The zero-order chi connectivity index (χ0) is 21.1. The zero-order valence-electron chi connectivity index (χ0n) is 18.3. The van der Waals surface area contributed by atoms with E-state index in [1.54, 1.807) is 0 Å². The quantitative estimate of drug-likeness (QED) is 0.614. The number of anilines is 2. The van der Waals surface area contributed by atoms with Gasteiger partial charge in [-0.25, -0.2) is 19.9 Å². The summed E-state index contributed by atoms with van der Waals surface area (Å²) in [4.78, 5) is 28.3. The van der Waals surface area contributed by atoms with Crippen molar-refractivity contribution < 1.29 is 0 Å². The van der Waals surface area contributed by atoms with Gasteiger partial charge in [0, 0.05) is 51.9 Å². The van der Waals surface area contributed by atoms with Crippen molar-refractivity contribution in [1.82, 2.24) is 29.7 Å². The molecule has 0 radical (unpaired) electrons. The third-order valence-electron chi connectivity index (χ3n) is 5.48. The molecule has 2 aromatic heterocycles. The van der Waals surface area contributed by atoms with E-state index in [1.807, 2.05) is 36.5 Å². The van der Waals surface area contributed by atoms with E-state index in [4.69, 9.17) is 19.9 Å². The molecule has 0 amide bonds. The SMILES string of the molecule is CN(C)CCN(C)c1nc(-c2ccccc2)nc2nc(N3CCN(C)CC3)cnc12. The normalized spacial score (nSPS) is 15.2. The molecular formula is C22H30N8. The lowest BCUT2D eigenvalue weighted by Crippen LogP contribution is -2.44. The molecule has 8 nitrogen and oxygen atoms in total. The molecule has 0 saturated carbocycles. The van der Waals surface area contributed by atoms with E-state index >= 15 is 0 Å². The molecule has 0 unspecified atom stereocenters. The van der Waals surface area contributed by atoms with Crippen LogP contribution in [0.15, 0.2) is 36.5 Å². The van der Waals surface area contributed by atoms with E-state index in [0.717, 1.165) is 62.0 Å². The zero-order valence-corrected chi connectivity index (χ0v) is 18.3. The summed E-state index contributed by atoms with van der Waals surface area (Å²) >= 11 is 0. The van der Waals surface area contributed by atoms with Gasteiger partial charge in [0.2, 0.25) is 0 Å². The summed E-state index contributed by atoms with van der Waals surface area (Å²) in [5, 5.41) is 0. The van der Waals surface area contributed by atoms with Gasteiger partial charge in [-0.2, -0.15) is 0 Å². The number of rotatable bonds is 6. The molecule has 1 aromatic carbocycles. The molecule has 0 bridgehead atoms. The second-order valence-corrected chi connectivity index (χ2v) is 8.15. The lowest BCUT2D eigenvalue weighted by molar-refractivity contribution is 0.312. The Morgan fingerprint density at radius 2 is 1.63 bits per heavy atom. The Bertz CT molecular complexity index is 983. The summed E-state index contributed by atoms with van der Waals surface area (Å²) in [6.45, 7) is 5.71. The number of hydrogen-bond donors (Lipinski definition) is 0. The molecule has 1 fully saturated rings. The minimum atomic E-state index is 0.645. The highest BCUT2D eigenvalue weighted by Gasteiger charge is 2.19. The maximum absolute atomic E-state index is 4.91. The van der Waals surface area contributed by atoms with Gasteiger partial charge in [0.05, 0.1) is 6.20 Å². The van der Waals surface area contributed by atoms with Crippen molar-refractivity contribution >= 4 is 22.8 Å². The van der Waals surface area contributed by atoms with Crippen molar-refractivity contribution in [1.29, 1.82) is 0 Å². The third-order valence-corrected chi connectivity index (χ3v) is 5.48. The summed E-state index contributed by atoms with van der Waals surface area (Å²) in [5.41, 5.74) is 2.37. The molecule has 4 rings (SSSR count). The molecular weight excluding hydrogens is 376 g/mol. The fraction of sp³-hybridized carbons (Fsp3) is 0.455. The van der Waals surface area contributed by atoms with E-state index in [9.17, 15) is 0 Å². The van der Waals surface area contributed by atoms with Crippen molar-refractivity contribution in [2.24, 2.45) is 0 Å². The first-order chi connectivity index (χ1) is 14.5. The van der Waals surface area contributed by atoms with Gasteiger partial charge in [-0.1, -0.05) is 30.3 Å². The van der Waals surface area contributed by atoms with Crippen LogP contribution < -0.4 is 9.80 Å². The molecule has 0 N–H and O–H groups in total. The monoisotopic (exact) mass is 406 g/mol. The number of aromatic nitrogens is 4. The second kappa shape index (κ2) is 8.89. The summed E-state index contributed by atoms with van der Waals surface area (Å²) in [7, 11) is 8.35. The Labute approximate surface area is 178 Å². The van der Waals surface area contributed by atoms with Crippen LogP contribution in [0.5, 0.6) is 0 Å². The summed E-state index contributed by atoms with van der Waals surface area (Å²) < 4.78 is 0. The van der Waals surface area contributed by atoms with Gasteiger partial charge in [0.1, 0.15) is 5.82 Å². The highest BCUT2D eigenvalue weighted by Crippen LogP contribution is 2.26. The second-order valence-electron chi connectivity index (χ2n) is 8.15. The van der Waals surface area contributed by atoms with Crippen LogP contribution in [0, 0.1) is 0 Å². The van der Waals surface area contributed by atoms with Crippen molar-refractivity contribution in [3.05, 3.63) is 36.5 Å². The van der Waals surface area contributed by atoms with Crippen LogP contribution in [0.3, 0.4) is 0 Å². The van der Waals surface area contributed by atoms with Crippen LogP contribution in [0.1, 0.15) is 0 Å². The van der Waals surface area contributed by atoms with Gasteiger partial charge in [-0.15, -0.1) is 0 Å². The number of nitrogens with zero attached hydrogens (tertiary/aromatic N) is 8. The molecule has 0 aliphatic carbocycles. The summed E-state index contributed by atoms with van der Waals surface area (Å²) in [6, 6.07) is 10.1. The van der Waals surface area contributed by atoms with Gasteiger partial charge in [-0.3, -0.25) is 0 Å². The Hall–Kier alpha value is -2.84. The first-order valence-electron chi connectivity index (χ1n) is 10.4. The molecule has 1 aliphatic heterocycles. The van der Waals surface area contributed by atoms with Gasteiger partial charge < -0.3 is 19.6 Å². The Morgan fingerprint density at radius 1 is 0.900 bits per heavy atom. The molecule has 1 aliphatic rings. The predicted molar refractivity (Wildman–Crippen MR) is 122 cm³/mol. The van der Waals surface area contributed by atoms with Gasteiger partial charge >= 0.3 is 0 Å². The number of hydrogen-bond acceptors (Lipinski definition) is 8. The smallest absolute Gasteiger partial charge is 0.186 e. The minimum absolute atomic E-state index is 0.645. The van der Waals surface area contributed by atoms with Crippen molar-refractivity contribution in [2.75, 3.05) is 77.3 Å². The molecule has 8 heteroatoms. The maximum Gasteiger partial charge on any atom is 0.186 e. The highest BCUT2D eigenvalue weighted by molar-refractivity contribution is 5.85. The fourth-order valence-electron chi connectivity index (χ4n) is 3.51. The first kappa shape index (κ1) is 20.4. The topological polar surface area (TPSA) is 64.5 Å². The standard InChI is InChI=1S/C22H30N8/c1-27(2)10-13-29(4)22-19-21(25-20(26-22)17-8-6-5-7-9-17)24-18(16-23-19)30-14-11-28(3)12-15-30/h5-9,16H,10-15H2,1-4H3. The van der Waals surface area contributed by atoms with Crippen molar-refractivity contribution in [2.45, 2.75) is 0 Å². The first-order valence-corrected chi connectivity index (χ1v) is 10.4. The number of likely N-dealkylation sites (N-methyl/N-ethyl adjacent to an activating group) is 3. The lowest BCUT2D eigenvalue weighted by atomic mass is 10.2. The number of benzene rings is 1. The van der Waals surface area contributed by atoms with Crippen LogP contribution in [-0.2, 0) is 0 Å². The molecule has 30 heavy (non-hydrogen) atoms. The van der Waals surface area contributed by atoms with Crippen LogP contribution in [0.4, 0.5) is 11.6 Å².